The van der Waals surface area contributed by atoms with Gasteiger partial charge in [-0.25, -0.2) is 0 Å². The van der Waals surface area contributed by atoms with E-state index in [0.717, 1.165) is 35.4 Å². The Bertz CT molecular complexity index is 586. The maximum atomic E-state index is 5.82. The van der Waals surface area contributed by atoms with Crippen molar-refractivity contribution in [1.82, 2.24) is 5.32 Å². The highest BCUT2D eigenvalue weighted by Crippen LogP contribution is 2.29. The van der Waals surface area contributed by atoms with Gasteiger partial charge in [0.2, 0.25) is 0 Å². The molecule has 1 heterocycles. The van der Waals surface area contributed by atoms with Crippen LogP contribution >= 0.6 is 15.9 Å². The first-order chi connectivity index (χ1) is 10.0. The van der Waals surface area contributed by atoms with Crippen LogP contribution < -0.4 is 5.32 Å². The van der Waals surface area contributed by atoms with Crippen LogP contribution in [-0.2, 0) is 6.42 Å². The third kappa shape index (κ3) is 3.98. The van der Waals surface area contributed by atoms with E-state index in [1.807, 2.05) is 6.92 Å². The summed E-state index contributed by atoms with van der Waals surface area (Å²) in [4.78, 5) is 0. The minimum absolute atomic E-state index is 0.309. The standard InChI is InChI=1S/C18H24BrNO/c1-5-10-20-17(11-15-6-8-16(19)9-7-15)18-12(2)13(3)21-14(18)4/h6-9,17,20H,5,10-11H2,1-4H3. The van der Waals surface area contributed by atoms with Crippen LogP contribution in [0.1, 0.15) is 47.6 Å². The lowest BCUT2D eigenvalue weighted by Crippen LogP contribution is -2.25. The van der Waals surface area contributed by atoms with Crippen LogP contribution in [0, 0.1) is 20.8 Å². The van der Waals surface area contributed by atoms with Crippen LogP contribution in [0.4, 0.5) is 0 Å². The summed E-state index contributed by atoms with van der Waals surface area (Å²) in [6.45, 7) is 9.48. The van der Waals surface area contributed by atoms with E-state index < -0.39 is 0 Å². The Balaban J connectivity index is 2.27. The van der Waals surface area contributed by atoms with Crippen LogP contribution in [0.25, 0.3) is 0 Å². The molecule has 1 atom stereocenters. The maximum absolute atomic E-state index is 5.82. The molecule has 0 fully saturated rings. The zero-order valence-corrected chi connectivity index (χ0v) is 14.9. The summed E-state index contributed by atoms with van der Waals surface area (Å²) >= 11 is 3.49. The summed E-state index contributed by atoms with van der Waals surface area (Å²) in [6, 6.07) is 8.88. The van der Waals surface area contributed by atoms with Crippen molar-refractivity contribution in [2.75, 3.05) is 6.54 Å². The molecule has 0 aliphatic heterocycles. The number of nitrogens with one attached hydrogen (secondary N) is 1. The Morgan fingerprint density at radius 3 is 2.29 bits per heavy atom. The first kappa shape index (κ1) is 16.3. The molecule has 0 bridgehead atoms. The molecule has 0 spiro atoms. The van der Waals surface area contributed by atoms with Crippen molar-refractivity contribution >= 4 is 15.9 Å². The highest BCUT2D eigenvalue weighted by atomic mass is 79.9. The summed E-state index contributed by atoms with van der Waals surface area (Å²) in [5.74, 6) is 2.07. The SMILES string of the molecule is CCCNC(Cc1ccc(Br)cc1)c1c(C)oc(C)c1C. The molecule has 1 N–H and O–H groups in total. The van der Waals surface area contributed by atoms with Gasteiger partial charge in [0.25, 0.3) is 0 Å². The van der Waals surface area contributed by atoms with Crippen LogP contribution in [0.15, 0.2) is 33.2 Å². The van der Waals surface area contributed by atoms with E-state index in [0.29, 0.717) is 6.04 Å². The molecule has 1 unspecified atom stereocenters. The van der Waals surface area contributed by atoms with Crippen LogP contribution in [0.5, 0.6) is 0 Å². The monoisotopic (exact) mass is 349 g/mol. The van der Waals surface area contributed by atoms with Gasteiger partial charge in [0.05, 0.1) is 0 Å². The quantitative estimate of drug-likeness (QED) is 0.770. The van der Waals surface area contributed by atoms with E-state index in [1.165, 1.54) is 16.7 Å². The molecule has 0 amide bonds. The second kappa shape index (κ2) is 7.28. The van der Waals surface area contributed by atoms with Crippen LogP contribution in [-0.4, -0.2) is 6.54 Å². The second-order valence-electron chi connectivity index (χ2n) is 5.59. The van der Waals surface area contributed by atoms with Gasteiger partial charge in [0, 0.05) is 16.1 Å². The average molecular weight is 350 g/mol. The maximum Gasteiger partial charge on any atom is 0.106 e. The molecule has 114 valence electrons. The zero-order chi connectivity index (χ0) is 15.4. The van der Waals surface area contributed by atoms with Gasteiger partial charge >= 0.3 is 0 Å². The molecule has 1 aromatic carbocycles. The topological polar surface area (TPSA) is 25.2 Å². The van der Waals surface area contributed by atoms with E-state index in [-0.39, 0.29) is 0 Å². The molecule has 0 aliphatic carbocycles. The Kier molecular flexibility index (Phi) is 5.65. The van der Waals surface area contributed by atoms with Gasteiger partial charge in [-0.05, 0) is 63.4 Å². The summed E-state index contributed by atoms with van der Waals surface area (Å²) in [5, 5.41) is 3.67. The largest absolute Gasteiger partial charge is 0.466 e. The van der Waals surface area contributed by atoms with Crippen molar-refractivity contribution in [3.05, 3.63) is 56.9 Å². The van der Waals surface area contributed by atoms with Crippen molar-refractivity contribution in [2.45, 2.75) is 46.6 Å². The molecule has 1 aromatic heterocycles. The van der Waals surface area contributed by atoms with E-state index in [4.69, 9.17) is 4.42 Å². The second-order valence-corrected chi connectivity index (χ2v) is 6.51. The number of aryl methyl sites for hydroxylation is 2. The van der Waals surface area contributed by atoms with Crippen LogP contribution in [0.3, 0.4) is 0 Å². The van der Waals surface area contributed by atoms with Crippen molar-refractivity contribution < 1.29 is 4.42 Å². The number of benzene rings is 1. The molecule has 21 heavy (non-hydrogen) atoms. The van der Waals surface area contributed by atoms with E-state index in [1.54, 1.807) is 0 Å². The number of hydrogen-bond acceptors (Lipinski definition) is 2. The number of halogens is 1. The summed E-state index contributed by atoms with van der Waals surface area (Å²) in [7, 11) is 0. The molecule has 0 saturated heterocycles. The highest BCUT2D eigenvalue weighted by molar-refractivity contribution is 9.10. The number of furan rings is 1. The fraction of sp³-hybridized carbons (Fsp3) is 0.444. The number of rotatable bonds is 6. The molecule has 2 rings (SSSR count). The van der Waals surface area contributed by atoms with Gasteiger partial charge in [-0.15, -0.1) is 0 Å². The van der Waals surface area contributed by atoms with Gasteiger partial charge in [0.15, 0.2) is 0 Å². The Hall–Kier alpha value is -1.06. The molecular weight excluding hydrogens is 326 g/mol. The molecule has 0 radical (unpaired) electrons. The Morgan fingerprint density at radius 2 is 1.76 bits per heavy atom. The van der Waals surface area contributed by atoms with E-state index in [9.17, 15) is 0 Å². The molecule has 2 nitrogen and oxygen atoms in total. The van der Waals surface area contributed by atoms with E-state index >= 15 is 0 Å². The summed E-state index contributed by atoms with van der Waals surface area (Å²) in [6.07, 6.45) is 2.11. The van der Waals surface area contributed by atoms with Gasteiger partial charge < -0.3 is 9.73 Å². The molecule has 0 aliphatic rings. The van der Waals surface area contributed by atoms with Gasteiger partial charge in [0.1, 0.15) is 11.5 Å². The van der Waals surface area contributed by atoms with Crippen molar-refractivity contribution in [3.63, 3.8) is 0 Å². The lowest BCUT2D eigenvalue weighted by atomic mass is 9.95. The Labute approximate surface area is 136 Å². The fourth-order valence-electron chi connectivity index (χ4n) is 2.77. The normalized spacial score (nSPS) is 12.6. The van der Waals surface area contributed by atoms with Crippen molar-refractivity contribution in [3.8, 4) is 0 Å². The molecular formula is C18H24BrNO. The first-order valence-electron chi connectivity index (χ1n) is 7.57. The third-order valence-corrected chi connectivity index (χ3v) is 4.49. The summed E-state index contributed by atoms with van der Waals surface area (Å²) in [5.41, 5.74) is 3.94. The lowest BCUT2D eigenvalue weighted by Gasteiger charge is -2.19. The Morgan fingerprint density at radius 1 is 1.10 bits per heavy atom. The lowest BCUT2D eigenvalue weighted by molar-refractivity contribution is 0.480. The van der Waals surface area contributed by atoms with Crippen molar-refractivity contribution in [2.24, 2.45) is 0 Å². The summed E-state index contributed by atoms with van der Waals surface area (Å²) < 4.78 is 6.94. The number of hydrogen-bond donors (Lipinski definition) is 1. The minimum atomic E-state index is 0.309. The van der Waals surface area contributed by atoms with Crippen molar-refractivity contribution in [1.29, 1.82) is 0 Å². The molecule has 2 aromatic rings. The van der Waals surface area contributed by atoms with Gasteiger partial charge in [-0.3, -0.25) is 0 Å². The predicted molar refractivity (Wildman–Crippen MR) is 91.8 cm³/mol. The highest BCUT2D eigenvalue weighted by Gasteiger charge is 2.20. The first-order valence-corrected chi connectivity index (χ1v) is 8.36. The molecule has 0 saturated carbocycles. The van der Waals surface area contributed by atoms with Gasteiger partial charge in [-0.2, -0.15) is 0 Å². The molecule has 3 heteroatoms. The van der Waals surface area contributed by atoms with Gasteiger partial charge in [-0.1, -0.05) is 35.0 Å². The minimum Gasteiger partial charge on any atom is -0.466 e. The smallest absolute Gasteiger partial charge is 0.106 e. The van der Waals surface area contributed by atoms with E-state index in [2.05, 4.69) is 66.3 Å². The predicted octanol–water partition coefficient (Wildman–Crippen LogP) is 5.25. The fourth-order valence-corrected chi connectivity index (χ4v) is 3.04. The average Bonchev–Trinajstić information content (AvgIpc) is 2.71. The van der Waals surface area contributed by atoms with Crippen LogP contribution in [0.2, 0.25) is 0 Å². The zero-order valence-electron chi connectivity index (χ0n) is 13.3. The third-order valence-electron chi connectivity index (χ3n) is 3.96.